The van der Waals surface area contributed by atoms with Gasteiger partial charge in [-0.25, -0.2) is 0 Å². The molecule has 1 aliphatic rings. The number of nitrogens with zero attached hydrogens (tertiary/aromatic N) is 1. The molecule has 0 aliphatic carbocycles. The number of ketones is 1. The number of aliphatic hydroxyl groups is 1. The second-order valence-electron chi connectivity index (χ2n) is 6.62. The summed E-state index contributed by atoms with van der Waals surface area (Å²) < 4.78 is 10.7. The molecular formula is C20H30ClNO5. The summed E-state index contributed by atoms with van der Waals surface area (Å²) in [5, 5.41) is 10.2. The van der Waals surface area contributed by atoms with E-state index in [1.807, 2.05) is 13.8 Å². The smallest absolute Gasteiger partial charge is 0.310 e. The molecule has 27 heavy (non-hydrogen) atoms. The molecule has 2 atom stereocenters. The molecule has 1 aromatic rings. The lowest BCUT2D eigenvalue weighted by Gasteiger charge is -2.32. The molecule has 152 valence electrons. The number of hydrogen-bond donors (Lipinski definition) is 1. The third-order valence-electron chi connectivity index (χ3n) is 4.53. The Kier molecular flexibility index (Phi) is 10.4. The van der Waals surface area contributed by atoms with Crippen LogP contribution in [-0.2, 0) is 9.53 Å². The van der Waals surface area contributed by atoms with Gasteiger partial charge >= 0.3 is 5.97 Å². The fourth-order valence-corrected chi connectivity index (χ4v) is 3.16. The van der Waals surface area contributed by atoms with E-state index in [-0.39, 0.29) is 36.7 Å². The van der Waals surface area contributed by atoms with Gasteiger partial charge in [-0.05, 0) is 50.6 Å². The summed E-state index contributed by atoms with van der Waals surface area (Å²) in [7, 11) is 0. The van der Waals surface area contributed by atoms with Gasteiger partial charge in [-0.1, -0.05) is 6.92 Å². The highest BCUT2D eigenvalue weighted by molar-refractivity contribution is 5.95. The van der Waals surface area contributed by atoms with E-state index in [0.29, 0.717) is 37.4 Å². The standard InChI is InChI=1S/C20H29NO5.ClH/c1-3-19(23)15-7-9-18(10-8-15)26-14-17(22)13-21-11-5-6-16(12-21)20(24)25-4-2;/h7-10,16-17,22H,3-6,11-14H2,1-2H3;1H. The monoisotopic (exact) mass is 399 g/mol. The topological polar surface area (TPSA) is 76.1 Å². The zero-order chi connectivity index (χ0) is 18.9. The number of hydrogen-bond acceptors (Lipinski definition) is 6. The summed E-state index contributed by atoms with van der Waals surface area (Å²) in [6, 6.07) is 6.96. The van der Waals surface area contributed by atoms with E-state index in [1.165, 1.54) is 0 Å². The molecule has 2 rings (SSSR count). The normalized spacial score (nSPS) is 18.3. The Labute approximate surface area is 167 Å². The van der Waals surface area contributed by atoms with Crippen LogP contribution in [0, 0.1) is 5.92 Å². The second-order valence-corrected chi connectivity index (χ2v) is 6.62. The number of Topliss-reactive ketones (excluding diaryl/α,β-unsaturated/α-hetero) is 1. The summed E-state index contributed by atoms with van der Waals surface area (Å²) in [4.78, 5) is 25.6. The fraction of sp³-hybridized carbons (Fsp3) is 0.600. The number of piperidine rings is 1. The van der Waals surface area contributed by atoms with Gasteiger partial charge in [0.2, 0.25) is 0 Å². The lowest BCUT2D eigenvalue weighted by molar-refractivity contribution is -0.150. The first-order chi connectivity index (χ1) is 12.5. The van der Waals surface area contributed by atoms with Crippen LogP contribution in [0.4, 0.5) is 0 Å². The number of halogens is 1. The zero-order valence-electron chi connectivity index (χ0n) is 16.1. The van der Waals surface area contributed by atoms with Gasteiger partial charge < -0.3 is 14.6 Å². The average Bonchev–Trinajstić information content (AvgIpc) is 2.66. The van der Waals surface area contributed by atoms with Gasteiger partial charge in [0, 0.05) is 25.1 Å². The number of likely N-dealkylation sites (tertiary alicyclic amines) is 1. The SMILES string of the molecule is CCOC(=O)C1CCCN(CC(O)COc2ccc(C(=O)CC)cc2)C1.Cl. The van der Waals surface area contributed by atoms with Gasteiger partial charge in [-0.3, -0.25) is 14.5 Å². The number of aliphatic hydroxyl groups excluding tert-OH is 1. The van der Waals surface area contributed by atoms with Gasteiger partial charge in [0.15, 0.2) is 5.78 Å². The lowest BCUT2D eigenvalue weighted by Crippen LogP contribution is -2.44. The molecule has 0 bridgehead atoms. The van der Waals surface area contributed by atoms with Crippen molar-refractivity contribution in [3.05, 3.63) is 29.8 Å². The molecule has 6 nitrogen and oxygen atoms in total. The van der Waals surface area contributed by atoms with Crippen molar-refractivity contribution in [1.29, 1.82) is 0 Å². The maximum absolute atomic E-state index is 11.9. The Balaban J connectivity index is 0.00000364. The number of carbonyl (C=O) groups excluding carboxylic acids is 2. The van der Waals surface area contributed by atoms with Crippen LogP contribution < -0.4 is 4.74 Å². The van der Waals surface area contributed by atoms with Crippen LogP contribution in [0.5, 0.6) is 5.75 Å². The van der Waals surface area contributed by atoms with Crippen molar-refractivity contribution in [2.75, 3.05) is 32.8 Å². The van der Waals surface area contributed by atoms with Crippen LogP contribution in [0.15, 0.2) is 24.3 Å². The Morgan fingerprint density at radius 2 is 1.96 bits per heavy atom. The molecule has 1 saturated heterocycles. The first-order valence-corrected chi connectivity index (χ1v) is 9.36. The van der Waals surface area contributed by atoms with Crippen LogP contribution >= 0.6 is 12.4 Å². The quantitative estimate of drug-likeness (QED) is 0.508. The van der Waals surface area contributed by atoms with Gasteiger partial charge in [0.1, 0.15) is 18.5 Å². The van der Waals surface area contributed by atoms with E-state index in [1.54, 1.807) is 24.3 Å². The van der Waals surface area contributed by atoms with Crippen molar-refractivity contribution in [1.82, 2.24) is 4.90 Å². The third kappa shape index (κ3) is 7.48. The fourth-order valence-electron chi connectivity index (χ4n) is 3.16. The molecule has 7 heteroatoms. The largest absolute Gasteiger partial charge is 0.491 e. The number of ether oxygens (including phenoxy) is 2. The molecule has 1 aromatic carbocycles. The number of esters is 1. The summed E-state index contributed by atoms with van der Waals surface area (Å²) >= 11 is 0. The average molecular weight is 400 g/mol. The first kappa shape index (κ1) is 23.4. The van der Waals surface area contributed by atoms with Crippen molar-refractivity contribution < 1.29 is 24.2 Å². The van der Waals surface area contributed by atoms with Crippen LogP contribution in [-0.4, -0.2) is 60.7 Å². The maximum atomic E-state index is 11.9. The van der Waals surface area contributed by atoms with Gasteiger partial charge in [0.05, 0.1) is 12.5 Å². The molecule has 1 heterocycles. The predicted molar refractivity (Wildman–Crippen MR) is 106 cm³/mol. The molecule has 0 aromatic heterocycles. The van der Waals surface area contributed by atoms with Gasteiger partial charge in [0.25, 0.3) is 0 Å². The first-order valence-electron chi connectivity index (χ1n) is 9.36. The predicted octanol–water partition coefficient (Wildman–Crippen LogP) is 2.72. The van der Waals surface area contributed by atoms with E-state index >= 15 is 0 Å². The van der Waals surface area contributed by atoms with Crippen molar-refractivity contribution in [3.8, 4) is 5.75 Å². The van der Waals surface area contributed by atoms with Crippen LogP contribution in [0.2, 0.25) is 0 Å². The Morgan fingerprint density at radius 3 is 2.59 bits per heavy atom. The molecule has 1 N–H and O–H groups in total. The molecule has 0 spiro atoms. The van der Waals surface area contributed by atoms with Gasteiger partial charge in [-0.15, -0.1) is 12.4 Å². The van der Waals surface area contributed by atoms with E-state index in [4.69, 9.17) is 9.47 Å². The van der Waals surface area contributed by atoms with Crippen molar-refractivity contribution >= 4 is 24.2 Å². The Hall–Kier alpha value is -1.63. The highest BCUT2D eigenvalue weighted by Gasteiger charge is 2.27. The van der Waals surface area contributed by atoms with Crippen molar-refractivity contribution in [2.24, 2.45) is 5.92 Å². The van der Waals surface area contributed by atoms with E-state index < -0.39 is 6.10 Å². The van der Waals surface area contributed by atoms with E-state index in [2.05, 4.69) is 4.90 Å². The summed E-state index contributed by atoms with van der Waals surface area (Å²) in [5.74, 6) is 0.461. The van der Waals surface area contributed by atoms with Crippen LogP contribution in [0.3, 0.4) is 0 Å². The van der Waals surface area contributed by atoms with E-state index in [9.17, 15) is 14.7 Å². The minimum Gasteiger partial charge on any atom is -0.491 e. The number of rotatable bonds is 9. The minimum absolute atomic E-state index is 0. The Morgan fingerprint density at radius 1 is 1.26 bits per heavy atom. The minimum atomic E-state index is -0.645. The second kappa shape index (κ2) is 12.0. The highest BCUT2D eigenvalue weighted by atomic mass is 35.5. The van der Waals surface area contributed by atoms with Crippen LogP contribution in [0.1, 0.15) is 43.5 Å². The molecule has 2 unspecified atom stereocenters. The van der Waals surface area contributed by atoms with E-state index in [0.717, 1.165) is 19.4 Å². The summed E-state index contributed by atoms with van der Waals surface area (Å²) in [5.41, 5.74) is 0.665. The Bertz CT molecular complexity index is 593. The highest BCUT2D eigenvalue weighted by Crippen LogP contribution is 2.18. The van der Waals surface area contributed by atoms with Crippen molar-refractivity contribution in [2.45, 2.75) is 39.2 Å². The molecule has 1 aliphatic heterocycles. The lowest BCUT2D eigenvalue weighted by atomic mass is 9.98. The summed E-state index contributed by atoms with van der Waals surface area (Å²) in [6.07, 6.45) is 1.59. The third-order valence-corrected chi connectivity index (χ3v) is 4.53. The number of carbonyl (C=O) groups is 2. The maximum Gasteiger partial charge on any atom is 0.310 e. The molecule has 0 saturated carbocycles. The summed E-state index contributed by atoms with van der Waals surface area (Å²) in [6.45, 7) is 6.14. The van der Waals surface area contributed by atoms with Gasteiger partial charge in [-0.2, -0.15) is 0 Å². The molecule has 0 amide bonds. The zero-order valence-corrected chi connectivity index (χ0v) is 16.9. The number of benzene rings is 1. The van der Waals surface area contributed by atoms with Crippen molar-refractivity contribution in [3.63, 3.8) is 0 Å². The number of β-amino-alcohol motifs (C(OH)–C–C–N with tert-alkyl or cyclic N) is 1. The van der Waals surface area contributed by atoms with Crippen LogP contribution in [0.25, 0.3) is 0 Å². The molecular weight excluding hydrogens is 370 g/mol. The molecule has 0 radical (unpaired) electrons. The molecule has 1 fully saturated rings.